The van der Waals surface area contributed by atoms with Crippen LogP contribution in [0.3, 0.4) is 0 Å². The van der Waals surface area contributed by atoms with Crippen LogP contribution in [0.25, 0.3) is 0 Å². The van der Waals surface area contributed by atoms with Crippen molar-refractivity contribution < 1.29 is 32.7 Å². The van der Waals surface area contributed by atoms with Crippen LogP contribution in [-0.2, 0) is 11.0 Å². The van der Waals surface area contributed by atoms with Gasteiger partial charge in [-0.25, -0.2) is 4.79 Å². The smallest absolute Gasteiger partial charge is 0.417 e. The Balaban J connectivity index is 2.78. The van der Waals surface area contributed by atoms with Crippen molar-refractivity contribution in [2.45, 2.75) is 6.18 Å². The van der Waals surface area contributed by atoms with Gasteiger partial charge in [0, 0.05) is 10.0 Å². The van der Waals surface area contributed by atoms with Crippen LogP contribution in [0.2, 0.25) is 0 Å². The molecule has 0 saturated carbocycles. The van der Waals surface area contributed by atoms with Crippen LogP contribution in [0.5, 0.6) is 0 Å². The molecule has 1 rings (SSSR count). The number of nitrogens with one attached hydrogen (secondary N) is 2. The van der Waals surface area contributed by atoms with E-state index >= 15 is 0 Å². The monoisotopic (exact) mass is 382 g/mol. The van der Waals surface area contributed by atoms with Crippen LogP contribution in [0, 0.1) is 0 Å². The molecule has 6 nitrogen and oxygen atoms in total. The highest BCUT2D eigenvalue weighted by molar-refractivity contribution is 9.10. The Kier molecular flexibility index (Phi) is 5.92. The number of rotatable bonds is 5. The highest BCUT2D eigenvalue weighted by Crippen LogP contribution is 2.33. The molecule has 120 valence electrons. The average Bonchev–Trinajstić information content (AvgIpc) is 2.41. The maximum Gasteiger partial charge on any atom is 0.417 e. The van der Waals surface area contributed by atoms with E-state index in [1.807, 2.05) is 5.32 Å². The van der Waals surface area contributed by atoms with Crippen molar-refractivity contribution in [3.05, 3.63) is 33.8 Å². The highest BCUT2D eigenvalue weighted by Gasteiger charge is 2.35. The van der Waals surface area contributed by atoms with E-state index in [9.17, 15) is 27.6 Å². The molecule has 22 heavy (non-hydrogen) atoms. The summed E-state index contributed by atoms with van der Waals surface area (Å²) >= 11 is 2.89. The molecule has 0 aliphatic rings. The second kappa shape index (κ2) is 7.25. The molecular weight excluding hydrogens is 373 g/mol. The van der Waals surface area contributed by atoms with Crippen LogP contribution < -0.4 is 10.6 Å². The van der Waals surface area contributed by atoms with E-state index in [2.05, 4.69) is 15.9 Å². The summed E-state index contributed by atoms with van der Waals surface area (Å²) in [7, 11) is 0. The molecule has 0 radical (unpaired) electrons. The molecule has 0 aliphatic carbocycles. The molecular formula is C12H10BrF3N2O4. The average molecular weight is 383 g/mol. The second-order valence-corrected chi connectivity index (χ2v) is 4.96. The summed E-state index contributed by atoms with van der Waals surface area (Å²) in [6.07, 6.45) is -6.15. The fourth-order valence-electron chi connectivity index (χ4n) is 1.49. The van der Waals surface area contributed by atoms with Gasteiger partial charge in [-0.2, -0.15) is 13.2 Å². The summed E-state index contributed by atoms with van der Waals surface area (Å²) < 4.78 is 38.7. The van der Waals surface area contributed by atoms with Crippen molar-refractivity contribution >= 4 is 33.7 Å². The molecule has 0 aliphatic heterocycles. The van der Waals surface area contributed by atoms with E-state index in [0.29, 0.717) is 0 Å². The number of ketones is 1. The Morgan fingerprint density at radius 3 is 2.32 bits per heavy atom. The summed E-state index contributed by atoms with van der Waals surface area (Å²) in [5.74, 6) is -1.77. The molecule has 0 aromatic heterocycles. The molecule has 0 bridgehead atoms. The number of halogens is 4. The first kappa shape index (κ1) is 18.0. The van der Waals surface area contributed by atoms with E-state index in [1.165, 1.54) is 6.07 Å². The molecule has 3 N–H and O–H groups in total. The molecule has 0 heterocycles. The molecule has 0 unspecified atom stereocenters. The fraction of sp³-hybridized carbons (Fsp3) is 0.250. The quantitative estimate of drug-likeness (QED) is 0.679. The summed E-state index contributed by atoms with van der Waals surface area (Å²) in [6, 6.07) is 3.04. The van der Waals surface area contributed by atoms with Crippen molar-refractivity contribution in [3.8, 4) is 0 Å². The molecule has 1 aromatic rings. The molecule has 1 aromatic carbocycles. The summed E-state index contributed by atoms with van der Waals surface area (Å²) in [4.78, 5) is 33.2. The van der Waals surface area contributed by atoms with E-state index < -0.39 is 48.2 Å². The largest absolute Gasteiger partial charge is 0.465 e. The molecule has 0 fully saturated rings. The summed E-state index contributed by atoms with van der Waals surface area (Å²) in [6.45, 7) is -1.28. The van der Waals surface area contributed by atoms with E-state index in [0.717, 1.165) is 12.1 Å². The lowest BCUT2D eigenvalue weighted by atomic mass is 10.0. The number of Topliss-reactive ketones (excluding diaryl/α,β-unsaturated/α-hetero) is 1. The van der Waals surface area contributed by atoms with Gasteiger partial charge in [0.25, 0.3) is 0 Å². The number of carbonyl (C=O) groups is 3. The van der Waals surface area contributed by atoms with Gasteiger partial charge in [-0.15, -0.1) is 0 Å². The maximum atomic E-state index is 12.9. The Morgan fingerprint density at radius 1 is 1.14 bits per heavy atom. The molecule has 0 saturated heterocycles. The van der Waals surface area contributed by atoms with Crippen molar-refractivity contribution in [1.29, 1.82) is 0 Å². The lowest BCUT2D eigenvalue weighted by molar-refractivity contribution is -0.138. The zero-order valence-corrected chi connectivity index (χ0v) is 12.4. The Hall–Kier alpha value is -2.10. The summed E-state index contributed by atoms with van der Waals surface area (Å²) in [5.41, 5.74) is -1.70. The zero-order valence-electron chi connectivity index (χ0n) is 10.8. The topological polar surface area (TPSA) is 95.5 Å². The number of benzene rings is 1. The predicted molar refractivity (Wildman–Crippen MR) is 72.5 cm³/mol. The SMILES string of the molecule is O=C(O)NCC(=O)NCC(=O)c1ccc(Br)cc1C(F)(F)F. The number of carboxylic acid groups (broad SMARTS) is 1. The van der Waals surface area contributed by atoms with Gasteiger partial charge in [-0.1, -0.05) is 15.9 Å². The lowest BCUT2D eigenvalue weighted by Gasteiger charge is -2.13. The Morgan fingerprint density at radius 2 is 1.77 bits per heavy atom. The molecule has 10 heteroatoms. The van der Waals surface area contributed by atoms with Gasteiger partial charge in [0.1, 0.15) is 0 Å². The molecule has 0 spiro atoms. The van der Waals surface area contributed by atoms with Gasteiger partial charge in [0.05, 0.1) is 18.7 Å². The third kappa shape index (κ3) is 5.35. The number of hydrogen-bond acceptors (Lipinski definition) is 3. The minimum Gasteiger partial charge on any atom is -0.465 e. The van der Waals surface area contributed by atoms with Crippen molar-refractivity contribution in [1.82, 2.24) is 10.6 Å². The van der Waals surface area contributed by atoms with Crippen molar-refractivity contribution in [2.75, 3.05) is 13.1 Å². The normalized spacial score (nSPS) is 10.9. The third-order valence-electron chi connectivity index (χ3n) is 2.43. The van der Waals surface area contributed by atoms with Gasteiger partial charge in [0.2, 0.25) is 5.91 Å². The predicted octanol–water partition coefficient (Wildman–Crippen LogP) is 2.03. The van der Waals surface area contributed by atoms with Crippen molar-refractivity contribution in [2.24, 2.45) is 0 Å². The lowest BCUT2D eigenvalue weighted by Crippen LogP contribution is -2.38. The van der Waals surface area contributed by atoms with Gasteiger partial charge in [-0.3, -0.25) is 9.59 Å². The number of hydrogen-bond donors (Lipinski definition) is 3. The first-order valence-electron chi connectivity index (χ1n) is 5.74. The highest BCUT2D eigenvalue weighted by atomic mass is 79.9. The summed E-state index contributed by atoms with van der Waals surface area (Å²) in [5, 5.41) is 12.1. The van der Waals surface area contributed by atoms with Gasteiger partial charge >= 0.3 is 12.3 Å². The first-order valence-corrected chi connectivity index (χ1v) is 6.54. The van der Waals surface area contributed by atoms with Crippen LogP contribution >= 0.6 is 15.9 Å². The van der Waals surface area contributed by atoms with Crippen LogP contribution in [0.15, 0.2) is 22.7 Å². The maximum absolute atomic E-state index is 12.9. The van der Waals surface area contributed by atoms with Gasteiger partial charge in [-0.05, 0) is 18.2 Å². The fourth-order valence-corrected chi connectivity index (χ4v) is 1.85. The number of carbonyl (C=O) groups excluding carboxylic acids is 2. The number of amides is 2. The molecule has 0 atom stereocenters. The van der Waals surface area contributed by atoms with Crippen LogP contribution in [-0.4, -0.2) is 36.0 Å². The second-order valence-electron chi connectivity index (χ2n) is 4.05. The third-order valence-corrected chi connectivity index (χ3v) is 2.93. The van der Waals surface area contributed by atoms with E-state index in [1.54, 1.807) is 5.32 Å². The first-order chi connectivity index (χ1) is 10.1. The minimum atomic E-state index is -4.72. The van der Waals surface area contributed by atoms with E-state index in [-0.39, 0.29) is 4.47 Å². The van der Waals surface area contributed by atoms with Crippen molar-refractivity contribution in [3.63, 3.8) is 0 Å². The van der Waals surface area contributed by atoms with Crippen LogP contribution in [0.1, 0.15) is 15.9 Å². The van der Waals surface area contributed by atoms with Gasteiger partial charge < -0.3 is 15.7 Å². The standard InChI is InChI=1S/C12H10BrF3N2O4/c13-6-1-2-7(8(3-6)12(14,15)16)9(19)4-17-10(20)5-18-11(21)22/h1-3,18H,4-5H2,(H,17,20)(H,21,22). The Bertz CT molecular complexity index is 605. The van der Waals surface area contributed by atoms with E-state index in [4.69, 9.17) is 5.11 Å². The minimum absolute atomic E-state index is 0.158. The van der Waals surface area contributed by atoms with Gasteiger partial charge in [0.15, 0.2) is 5.78 Å². The van der Waals surface area contributed by atoms with Crippen LogP contribution in [0.4, 0.5) is 18.0 Å². The zero-order chi connectivity index (χ0) is 16.9. The molecule has 2 amide bonds. The Labute approximate surface area is 130 Å². The number of alkyl halides is 3.